The second kappa shape index (κ2) is 9.48. The van der Waals surface area contributed by atoms with Crippen LogP contribution in [0.25, 0.3) is 0 Å². The molecule has 0 aromatic heterocycles. The zero-order chi connectivity index (χ0) is 20.0. The topological polar surface area (TPSA) is 73.9 Å². The van der Waals surface area contributed by atoms with E-state index in [9.17, 15) is 9.59 Å². The van der Waals surface area contributed by atoms with E-state index in [-0.39, 0.29) is 22.4 Å². The van der Waals surface area contributed by atoms with Crippen LogP contribution in [0.5, 0.6) is 11.5 Å². The summed E-state index contributed by atoms with van der Waals surface area (Å²) in [6.07, 6.45) is 0. The molecule has 0 aliphatic carbocycles. The van der Waals surface area contributed by atoms with Crippen LogP contribution in [-0.2, 0) is 9.53 Å². The summed E-state index contributed by atoms with van der Waals surface area (Å²) in [7, 11) is 2.86. The number of benzene rings is 2. The minimum Gasteiger partial charge on any atom is -0.493 e. The summed E-state index contributed by atoms with van der Waals surface area (Å²) >= 11 is 12.2. The first-order chi connectivity index (χ1) is 12.9. The Hall–Kier alpha value is -2.44. The zero-order valence-corrected chi connectivity index (χ0v) is 16.6. The SMILES string of the molecule is COc1cc(C(=O)OCC(=O)N[C@@H](C)c2ccccc2Cl)cc(Cl)c1OC. The molecule has 0 spiro atoms. The number of hydrogen-bond donors (Lipinski definition) is 1. The van der Waals surface area contributed by atoms with Gasteiger partial charge in [-0.25, -0.2) is 4.79 Å². The Morgan fingerprint density at radius 2 is 1.78 bits per heavy atom. The van der Waals surface area contributed by atoms with E-state index in [2.05, 4.69) is 5.32 Å². The van der Waals surface area contributed by atoms with Gasteiger partial charge in [-0.3, -0.25) is 4.79 Å². The maximum Gasteiger partial charge on any atom is 0.338 e. The van der Waals surface area contributed by atoms with Crippen LogP contribution < -0.4 is 14.8 Å². The van der Waals surface area contributed by atoms with Gasteiger partial charge in [0.25, 0.3) is 5.91 Å². The highest BCUT2D eigenvalue weighted by atomic mass is 35.5. The molecular formula is C19H19Cl2NO5. The second-order valence-electron chi connectivity index (χ2n) is 5.58. The number of hydrogen-bond acceptors (Lipinski definition) is 5. The summed E-state index contributed by atoms with van der Waals surface area (Å²) < 4.78 is 15.3. The predicted molar refractivity (Wildman–Crippen MR) is 103 cm³/mol. The highest BCUT2D eigenvalue weighted by Crippen LogP contribution is 2.36. The van der Waals surface area contributed by atoms with E-state index in [1.54, 1.807) is 19.1 Å². The number of nitrogens with one attached hydrogen (secondary N) is 1. The fourth-order valence-corrected chi connectivity index (χ4v) is 3.02. The first kappa shape index (κ1) is 20.9. The average molecular weight is 412 g/mol. The molecule has 2 aromatic rings. The van der Waals surface area contributed by atoms with Gasteiger partial charge in [0.2, 0.25) is 0 Å². The third-order valence-electron chi connectivity index (χ3n) is 3.75. The summed E-state index contributed by atoms with van der Waals surface area (Å²) in [5.74, 6) is -0.573. The molecule has 0 unspecified atom stereocenters. The Morgan fingerprint density at radius 1 is 1.07 bits per heavy atom. The van der Waals surface area contributed by atoms with E-state index in [1.165, 1.54) is 26.4 Å². The van der Waals surface area contributed by atoms with Gasteiger partial charge in [-0.05, 0) is 30.7 Å². The van der Waals surface area contributed by atoms with Crippen molar-refractivity contribution in [1.29, 1.82) is 0 Å². The largest absolute Gasteiger partial charge is 0.493 e. The van der Waals surface area contributed by atoms with Gasteiger partial charge in [-0.1, -0.05) is 41.4 Å². The van der Waals surface area contributed by atoms with Crippen LogP contribution in [0, 0.1) is 0 Å². The Kier molecular flexibility index (Phi) is 7.33. The lowest BCUT2D eigenvalue weighted by molar-refractivity contribution is -0.124. The molecule has 0 saturated carbocycles. The molecule has 1 N–H and O–H groups in total. The van der Waals surface area contributed by atoms with E-state index in [0.717, 1.165) is 5.56 Å². The van der Waals surface area contributed by atoms with Crippen molar-refractivity contribution in [1.82, 2.24) is 5.32 Å². The van der Waals surface area contributed by atoms with Gasteiger partial charge in [0.1, 0.15) is 0 Å². The van der Waals surface area contributed by atoms with Crippen LogP contribution in [0.1, 0.15) is 28.9 Å². The standard InChI is InChI=1S/C19H19Cl2NO5/c1-11(13-6-4-5-7-14(13)20)22-17(23)10-27-19(24)12-8-15(21)18(26-3)16(9-12)25-2/h4-9,11H,10H2,1-3H3,(H,22,23)/t11-/m0/s1. The monoisotopic (exact) mass is 411 g/mol. The lowest BCUT2D eigenvalue weighted by Crippen LogP contribution is -2.31. The first-order valence-corrected chi connectivity index (χ1v) is 8.75. The van der Waals surface area contributed by atoms with E-state index in [1.807, 2.05) is 12.1 Å². The molecule has 0 saturated heterocycles. The number of ether oxygens (including phenoxy) is 3. The van der Waals surface area contributed by atoms with Crippen LogP contribution in [0.3, 0.4) is 0 Å². The van der Waals surface area contributed by atoms with Crippen molar-refractivity contribution < 1.29 is 23.8 Å². The summed E-state index contributed by atoms with van der Waals surface area (Å²) in [6, 6.07) is 9.65. The van der Waals surface area contributed by atoms with Crippen molar-refractivity contribution in [3.05, 3.63) is 57.6 Å². The van der Waals surface area contributed by atoms with Crippen LogP contribution >= 0.6 is 23.2 Å². The van der Waals surface area contributed by atoms with E-state index >= 15 is 0 Å². The molecule has 0 fully saturated rings. The smallest absolute Gasteiger partial charge is 0.338 e. The van der Waals surface area contributed by atoms with Gasteiger partial charge in [0.15, 0.2) is 18.1 Å². The third kappa shape index (κ3) is 5.28. The van der Waals surface area contributed by atoms with Gasteiger partial charge in [0.05, 0.1) is 30.8 Å². The Morgan fingerprint density at radius 3 is 2.41 bits per heavy atom. The van der Waals surface area contributed by atoms with Crippen LogP contribution in [0.2, 0.25) is 10.0 Å². The molecule has 0 radical (unpaired) electrons. The molecule has 0 bridgehead atoms. The number of methoxy groups -OCH3 is 2. The van der Waals surface area contributed by atoms with Crippen LogP contribution in [-0.4, -0.2) is 32.7 Å². The van der Waals surface area contributed by atoms with Crippen molar-refractivity contribution in [3.8, 4) is 11.5 Å². The minimum absolute atomic E-state index is 0.143. The summed E-state index contributed by atoms with van der Waals surface area (Å²) in [4.78, 5) is 24.3. The fraction of sp³-hybridized carbons (Fsp3) is 0.263. The molecule has 2 rings (SSSR count). The lowest BCUT2D eigenvalue weighted by Gasteiger charge is -2.16. The maximum absolute atomic E-state index is 12.2. The minimum atomic E-state index is -0.710. The fourth-order valence-electron chi connectivity index (χ4n) is 2.44. The molecule has 1 amide bonds. The van der Waals surface area contributed by atoms with Crippen molar-refractivity contribution in [3.63, 3.8) is 0 Å². The molecule has 144 valence electrons. The predicted octanol–water partition coefficient (Wildman–Crippen LogP) is 4.04. The van der Waals surface area contributed by atoms with Gasteiger partial charge >= 0.3 is 5.97 Å². The van der Waals surface area contributed by atoms with E-state index in [0.29, 0.717) is 10.8 Å². The Labute approximate surface area is 167 Å². The molecule has 0 heterocycles. The molecule has 6 nitrogen and oxygen atoms in total. The third-order valence-corrected chi connectivity index (χ3v) is 4.38. The van der Waals surface area contributed by atoms with Gasteiger partial charge in [-0.15, -0.1) is 0 Å². The zero-order valence-electron chi connectivity index (χ0n) is 15.0. The molecule has 0 aliphatic heterocycles. The van der Waals surface area contributed by atoms with Crippen molar-refractivity contribution in [2.45, 2.75) is 13.0 Å². The average Bonchev–Trinajstić information content (AvgIpc) is 2.65. The molecule has 27 heavy (non-hydrogen) atoms. The van der Waals surface area contributed by atoms with Gasteiger partial charge in [0, 0.05) is 5.02 Å². The van der Waals surface area contributed by atoms with E-state index in [4.69, 9.17) is 37.4 Å². The quantitative estimate of drug-likeness (QED) is 0.695. The van der Waals surface area contributed by atoms with Crippen LogP contribution in [0.15, 0.2) is 36.4 Å². The summed E-state index contributed by atoms with van der Waals surface area (Å²) in [5, 5.41) is 3.46. The van der Waals surface area contributed by atoms with Gasteiger partial charge < -0.3 is 19.5 Å². The lowest BCUT2D eigenvalue weighted by atomic mass is 10.1. The number of amides is 1. The van der Waals surface area contributed by atoms with Crippen molar-refractivity contribution in [2.24, 2.45) is 0 Å². The summed E-state index contributed by atoms with van der Waals surface area (Å²) in [5.41, 5.74) is 0.912. The summed E-state index contributed by atoms with van der Waals surface area (Å²) in [6.45, 7) is 1.34. The van der Waals surface area contributed by atoms with Crippen molar-refractivity contribution >= 4 is 35.1 Å². The first-order valence-electron chi connectivity index (χ1n) is 7.99. The van der Waals surface area contributed by atoms with E-state index < -0.39 is 18.5 Å². The van der Waals surface area contributed by atoms with Crippen LogP contribution in [0.4, 0.5) is 0 Å². The molecule has 0 aliphatic rings. The van der Waals surface area contributed by atoms with Gasteiger partial charge in [-0.2, -0.15) is 0 Å². The molecule has 1 atom stereocenters. The van der Waals surface area contributed by atoms with Crippen molar-refractivity contribution in [2.75, 3.05) is 20.8 Å². The highest BCUT2D eigenvalue weighted by molar-refractivity contribution is 6.32. The highest BCUT2D eigenvalue weighted by Gasteiger charge is 2.18. The maximum atomic E-state index is 12.2. The number of esters is 1. The molecule has 8 heteroatoms. The number of halogens is 2. The Balaban J connectivity index is 1.98. The Bertz CT molecular complexity index is 841. The second-order valence-corrected chi connectivity index (χ2v) is 6.39. The normalized spacial score (nSPS) is 11.4. The number of rotatable bonds is 7. The molecule has 2 aromatic carbocycles. The molecular weight excluding hydrogens is 393 g/mol. The number of carbonyl (C=O) groups excluding carboxylic acids is 2. The number of carbonyl (C=O) groups is 2.